The predicted molar refractivity (Wildman–Crippen MR) is 95.5 cm³/mol. The first-order valence-electron chi connectivity index (χ1n) is 8.42. The summed E-state index contributed by atoms with van der Waals surface area (Å²) in [4.78, 5) is 27.3. The van der Waals surface area contributed by atoms with Crippen molar-refractivity contribution < 1.29 is 14.3 Å². The van der Waals surface area contributed by atoms with E-state index in [-0.39, 0.29) is 24.2 Å². The monoisotopic (exact) mass is 379 g/mol. The first-order chi connectivity index (χ1) is 12.4. The molecular formula is C17H22ClN5O3. The Morgan fingerprint density at radius 3 is 2.54 bits per heavy atom. The molecule has 1 amide bonds. The smallest absolute Gasteiger partial charge is 0.326 e. The van der Waals surface area contributed by atoms with Gasteiger partial charge in [-0.15, -0.1) is 10.2 Å². The van der Waals surface area contributed by atoms with Crippen molar-refractivity contribution in [2.45, 2.75) is 37.6 Å². The Balaban J connectivity index is 1.85. The summed E-state index contributed by atoms with van der Waals surface area (Å²) in [7, 11) is 3.25. The number of carbonyl (C=O) groups excluding carboxylic acids is 2. The van der Waals surface area contributed by atoms with Crippen molar-refractivity contribution in [2.24, 2.45) is 0 Å². The molecule has 0 aliphatic heterocycles. The van der Waals surface area contributed by atoms with E-state index in [9.17, 15) is 14.9 Å². The van der Waals surface area contributed by atoms with Crippen LogP contribution in [0.25, 0.3) is 0 Å². The number of esters is 1. The minimum absolute atomic E-state index is 0.0866. The van der Waals surface area contributed by atoms with Crippen LogP contribution >= 0.6 is 11.6 Å². The van der Waals surface area contributed by atoms with Crippen LogP contribution in [-0.4, -0.2) is 59.8 Å². The Hall–Kier alpha value is -2.40. The fraction of sp³-hybridized carbons (Fsp3) is 0.588. The molecule has 2 rings (SSSR count). The van der Waals surface area contributed by atoms with Gasteiger partial charge in [-0.05, 0) is 25.0 Å². The van der Waals surface area contributed by atoms with Gasteiger partial charge in [0.2, 0.25) is 0 Å². The van der Waals surface area contributed by atoms with Crippen LogP contribution in [0.15, 0.2) is 12.1 Å². The largest absolute Gasteiger partial charge is 0.454 e. The molecule has 0 unspecified atom stereocenters. The van der Waals surface area contributed by atoms with E-state index in [2.05, 4.69) is 16.3 Å². The SMILES string of the molecule is CN(CC(=O)OCC(=O)N(C)C1(C#N)CCCCC1)c1ccc(Cl)nn1. The van der Waals surface area contributed by atoms with E-state index in [0.29, 0.717) is 18.7 Å². The van der Waals surface area contributed by atoms with Gasteiger partial charge in [0.25, 0.3) is 5.91 Å². The van der Waals surface area contributed by atoms with E-state index in [1.165, 1.54) is 9.80 Å². The third-order valence-corrected chi connectivity index (χ3v) is 4.84. The first kappa shape index (κ1) is 19.9. The van der Waals surface area contributed by atoms with E-state index in [4.69, 9.17) is 16.3 Å². The summed E-state index contributed by atoms with van der Waals surface area (Å²) in [6, 6.07) is 5.47. The zero-order chi connectivity index (χ0) is 19.2. The van der Waals surface area contributed by atoms with Crippen LogP contribution in [0, 0.1) is 11.3 Å². The summed E-state index contributed by atoms with van der Waals surface area (Å²) in [5.41, 5.74) is -0.794. The quantitative estimate of drug-likeness (QED) is 0.694. The highest BCUT2D eigenvalue weighted by Crippen LogP contribution is 2.32. The number of amides is 1. The maximum Gasteiger partial charge on any atom is 0.326 e. The molecule has 1 aromatic heterocycles. The molecule has 1 heterocycles. The molecule has 8 nitrogen and oxygen atoms in total. The van der Waals surface area contributed by atoms with E-state index in [0.717, 1.165) is 19.3 Å². The molecule has 9 heteroatoms. The normalized spacial score (nSPS) is 15.6. The molecule has 0 atom stereocenters. The molecule has 1 aromatic rings. The van der Waals surface area contributed by atoms with E-state index in [1.54, 1.807) is 26.2 Å². The van der Waals surface area contributed by atoms with Crippen LogP contribution < -0.4 is 4.90 Å². The number of anilines is 1. The van der Waals surface area contributed by atoms with Gasteiger partial charge in [0, 0.05) is 14.1 Å². The van der Waals surface area contributed by atoms with Gasteiger partial charge in [-0.3, -0.25) is 9.59 Å². The topological polar surface area (TPSA) is 99.4 Å². The van der Waals surface area contributed by atoms with Gasteiger partial charge < -0.3 is 14.5 Å². The maximum absolute atomic E-state index is 12.4. The number of ether oxygens (including phenoxy) is 1. The molecule has 0 N–H and O–H groups in total. The van der Waals surface area contributed by atoms with E-state index < -0.39 is 11.5 Å². The molecule has 0 radical (unpaired) electrons. The lowest BCUT2D eigenvalue weighted by molar-refractivity contribution is -0.152. The molecule has 0 spiro atoms. The summed E-state index contributed by atoms with van der Waals surface area (Å²) in [6.07, 6.45) is 4.20. The molecular weight excluding hydrogens is 358 g/mol. The lowest BCUT2D eigenvalue weighted by Gasteiger charge is -2.38. The Labute approximate surface area is 157 Å². The van der Waals surface area contributed by atoms with Gasteiger partial charge in [0.15, 0.2) is 17.6 Å². The molecule has 1 fully saturated rings. The van der Waals surface area contributed by atoms with Crippen molar-refractivity contribution in [1.29, 1.82) is 5.26 Å². The third kappa shape index (κ3) is 4.82. The van der Waals surface area contributed by atoms with Crippen molar-refractivity contribution in [2.75, 3.05) is 32.1 Å². The Kier molecular flexibility index (Phi) is 6.75. The van der Waals surface area contributed by atoms with Crippen molar-refractivity contribution in [1.82, 2.24) is 15.1 Å². The fourth-order valence-corrected chi connectivity index (χ4v) is 3.07. The first-order valence-corrected chi connectivity index (χ1v) is 8.80. The lowest BCUT2D eigenvalue weighted by atomic mass is 9.81. The summed E-state index contributed by atoms with van der Waals surface area (Å²) in [6.45, 7) is -0.477. The molecule has 140 valence electrons. The number of aromatic nitrogens is 2. The molecule has 0 aromatic carbocycles. The Morgan fingerprint density at radius 1 is 1.27 bits per heavy atom. The molecule has 1 saturated carbocycles. The molecule has 0 saturated heterocycles. The average molecular weight is 380 g/mol. The van der Waals surface area contributed by atoms with Gasteiger partial charge in [-0.1, -0.05) is 30.9 Å². The number of likely N-dealkylation sites (N-methyl/N-ethyl adjacent to an activating group) is 2. The highest BCUT2D eigenvalue weighted by atomic mass is 35.5. The fourth-order valence-electron chi connectivity index (χ4n) is 2.97. The minimum atomic E-state index is -0.794. The van der Waals surface area contributed by atoms with Crippen molar-refractivity contribution in [3.8, 4) is 6.07 Å². The Morgan fingerprint density at radius 2 is 1.96 bits per heavy atom. The van der Waals surface area contributed by atoms with Crippen LogP contribution in [0.3, 0.4) is 0 Å². The lowest BCUT2D eigenvalue weighted by Crippen LogP contribution is -2.51. The number of hydrogen-bond donors (Lipinski definition) is 0. The Bertz CT molecular complexity index is 683. The van der Waals surface area contributed by atoms with Gasteiger partial charge in [0.1, 0.15) is 12.1 Å². The third-order valence-electron chi connectivity index (χ3n) is 4.64. The zero-order valence-corrected chi connectivity index (χ0v) is 15.7. The summed E-state index contributed by atoms with van der Waals surface area (Å²) in [5, 5.41) is 17.3. The van der Waals surface area contributed by atoms with Crippen molar-refractivity contribution in [3.05, 3.63) is 17.3 Å². The maximum atomic E-state index is 12.4. The van der Waals surface area contributed by atoms with E-state index in [1.807, 2.05) is 0 Å². The number of nitrogens with zero attached hydrogens (tertiary/aromatic N) is 5. The van der Waals surface area contributed by atoms with E-state index >= 15 is 0 Å². The second-order valence-corrected chi connectivity index (χ2v) is 6.78. The molecule has 1 aliphatic rings. The van der Waals surface area contributed by atoms with Gasteiger partial charge in [-0.25, -0.2) is 0 Å². The summed E-state index contributed by atoms with van der Waals surface area (Å²) >= 11 is 5.67. The van der Waals surface area contributed by atoms with Crippen LogP contribution in [0.2, 0.25) is 5.15 Å². The molecule has 0 bridgehead atoms. The average Bonchev–Trinajstić information content (AvgIpc) is 2.66. The molecule has 1 aliphatic carbocycles. The van der Waals surface area contributed by atoms with Crippen LogP contribution in [0.1, 0.15) is 32.1 Å². The van der Waals surface area contributed by atoms with Crippen LogP contribution in [0.4, 0.5) is 5.82 Å². The summed E-state index contributed by atoms with van der Waals surface area (Å²) in [5.74, 6) is -0.489. The number of halogens is 1. The number of rotatable bonds is 6. The number of hydrogen-bond acceptors (Lipinski definition) is 7. The van der Waals surface area contributed by atoms with Gasteiger partial charge >= 0.3 is 5.97 Å². The standard InChI is InChI=1S/C17H22ClN5O3/c1-22(14-7-6-13(18)20-21-14)10-16(25)26-11-15(24)23(2)17(12-19)8-4-3-5-9-17/h6-7H,3-5,8-11H2,1-2H3. The van der Waals surface area contributed by atoms with Crippen LogP contribution in [0.5, 0.6) is 0 Å². The van der Waals surface area contributed by atoms with Crippen molar-refractivity contribution >= 4 is 29.3 Å². The number of nitriles is 1. The predicted octanol–water partition coefficient (Wildman–Crippen LogP) is 1.79. The highest BCUT2D eigenvalue weighted by Gasteiger charge is 2.38. The molecule has 26 heavy (non-hydrogen) atoms. The summed E-state index contributed by atoms with van der Waals surface area (Å²) < 4.78 is 5.07. The number of carbonyl (C=O) groups is 2. The second kappa shape index (κ2) is 8.81. The highest BCUT2D eigenvalue weighted by molar-refractivity contribution is 6.29. The van der Waals surface area contributed by atoms with Gasteiger partial charge in [0.05, 0.1) is 6.07 Å². The zero-order valence-electron chi connectivity index (χ0n) is 14.9. The van der Waals surface area contributed by atoms with Crippen LogP contribution in [-0.2, 0) is 14.3 Å². The minimum Gasteiger partial charge on any atom is -0.454 e. The van der Waals surface area contributed by atoms with Crippen molar-refractivity contribution in [3.63, 3.8) is 0 Å². The van der Waals surface area contributed by atoms with Gasteiger partial charge in [-0.2, -0.15) is 5.26 Å². The second-order valence-electron chi connectivity index (χ2n) is 6.39.